The molecule has 0 radical (unpaired) electrons. The number of hydrogen-bond donors (Lipinski definition) is 0. The molecule has 0 aliphatic carbocycles. The van der Waals surface area contributed by atoms with Gasteiger partial charge in [-0.3, -0.25) is 0 Å². The summed E-state index contributed by atoms with van der Waals surface area (Å²) in [5.41, 5.74) is -0.304. The smallest absolute Gasteiger partial charge is 0.236 e. The first-order chi connectivity index (χ1) is 13.2. The molecule has 0 saturated heterocycles. The van der Waals surface area contributed by atoms with Gasteiger partial charge in [-0.15, -0.1) is 0 Å². The largest absolute Gasteiger partial charge is 0.416 e. The molecule has 3 aromatic rings. The Morgan fingerprint density at radius 1 is 1.04 bits per heavy atom. The van der Waals surface area contributed by atoms with E-state index in [0.29, 0.717) is 10.6 Å². The molecule has 0 aliphatic heterocycles. The predicted octanol–water partition coefficient (Wildman–Crippen LogP) is 6.47. The highest BCUT2D eigenvalue weighted by molar-refractivity contribution is 6.38. The van der Waals surface area contributed by atoms with E-state index in [1.165, 1.54) is 12.3 Å². The summed E-state index contributed by atoms with van der Waals surface area (Å²) in [7, 11) is 0. The van der Waals surface area contributed by atoms with E-state index >= 15 is 0 Å². The normalized spacial score (nSPS) is 11.8. The van der Waals surface area contributed by atoms with E-state index in [9.17, 15) is 13.2 Å². The highest BCUT2D eigenvalue weighted by atomic mass is 35.5. The minimum absolute atomic E-state index is 0.00436. The topological polar surface area (TPSA) is 54.0 Å². The molecule has 2 aromatic carbocycles. The van der Waals surface area contributed by atoms with Crippen LogP contribution >= 0.6 is 34.8 Å². The lowest BCUT2D eigenvalue weighted by Crippen LogP contribution is -2.07. The Morgan fingerprint density at radius 2 is 1.64 bits per heavy atom. The van der Waals surface area contributed by atoms with Gasteiger partial charge in [0.15, 0.2) is 11.5 Å². The minimum Gasteiger partial charge on any atom is -0.236 e. The SMILES string of the molecule is N#Cc1cc(/N=C/c2ccc(Cl)cc2)n(-c2c(Cl)cc(C(F)(F)F)cc2Cl)n1. The summed E-state index contributed by atoms with van der Waals surface area (Å²) < 4.78 is 39.9. The van der Waals surface area contributed by atoms with Gasteiger partial charge in [0.05, 0.1) is 15.6 Å². The average Bonchev–Trinajstić information content (AvgIpc) is 3.03. The summed E-state index contributed by atoms with van der Waals surface area (Å²) >= 11 is 17.9. The lowest BCUT2D eigenvalue weighted by molar-refractivity contribution is -0.137. The van der Waals surface area contributed by atoms with Crippen molar-refractivity contribution in [2.45, 2.75) is 6.18 Å². The van der Waals surface area contributed by atoms with Crippen molar-refractivity contribution in [2.75, 3.05) is 0 Å². The number of nitrogens with zero attached hydrogens (tertiary/aromatic N) is 4. The van der Waals surface area contributed by atoms with Crippen molar-refractivity contribution in [2.24, 2.45) is 4.99 Å². The van der Waals surface area contributed by atoms with Gasteiger partial charge in [-0.2, -0.15) is 23.5 Å². The fourth-order valence-corrected chi connectivity index (χ4v) is 3.08. The molecule has 0 bridgehead atoms. The molecular weight excluding hydrogens is 436 g/mol. The van der Waals surface area contributed by atoms with E-state index in [2.05, 4.69) is 10.1 Å². The zero-order valence-electron chi connectivity index (χ0n) is 13.7. The van der Waals surface area contributed by atoms with Crippen LogP contribution in [0.15, 0.2) is 47.5 Å². The number of aromatic nitrogens is 2. The predicted molar refractivity (Wildman–Crippen MR) is 102 cm³/mol. The number of halogens is 6. The second-order valence-electron chi connectivity index (χ2n) is 5.51. The summed E-state index contributed by atoms with van der Waals surface area (Å²) in [6.45, 7) is 0. The van der Waals surface area contributed by atoms with Crippen molar-refractivity contribution < 1.29 is 13.2 Å². The molecule has 1 heterocycles. The molecule has 0 aliphatic rings. The third-order valence-electron chi connectivity index (χ3n) is 3.58. The van der Waals surface area contributed by atoms with Crippen molar-refractivity contribution in [3.8, 4) is 11.8 Å². The molecule has 28 heavy (non-hydrogen) atoms. The van der Waals surface area contributed by atoms with E-state index in [-0.39, 0.29) is 27.2 Å². The molecule has 0 amide bonds. The van der Waals surface area contributed by atoms with Crippen molar-refractivity contribution in [3.63, 3.8) is 0 Å². The van der Waals surface area contributed by atoms with E-state index in [0.717, 1.165) is 16.8 Å². The van der Waals surface area contributed by atoms with Crippen molar-refractivity contribution in [1.29, 1.82) is 5.26 Å². The first kappa shape index (κ1) is 20.2. The van der Waals surface area contributed by atoms with Gasteiger partial charge in [0.1, 0.15) is 11.8 Å². The van der Waals surface area contributed by atoms with E-state index in [4.69, 9.17) is 40.1 Å². The van der Waals surface area contributed by atoms with Crippen molar-refractivity contribution >= 4 is 46.8 Å². The number of alkyl halides is 3. The molecule has 0 N–H and O–H groups in total. The number of nitriles is 1. The molecular formula is C18H8Cl3F3N4. The molecule has 0 saturated carbocycles. The minimum atomic E-state index is -4.61. The molecule has 4 nitrogen and oxygen atoms in total. The van der Waals surface area contributed by atoms with Gasteiger partial charge in [-0.25, -0.2) is 9.67 Å². The maximum absolute atomic E-state index is 12.9. The quantitative estimate of drug-likeness (QED) is 0.435. The first-order valence-electron chi connectivity index (χ1n) is 7.55. The molecule has 3 rings (SSSR count). The van der Waals surface area contributed by atoms with Gasteiger partial charge in [0, 0.05) is 17.3 Å². The zero-order chi connectivity index (χ0) is 20.5. The second kappa shape index (κ2) is 7.84. The van der Waals surface area contributed by atoms with Crippen molar-refractivity contribution in [3.05, 3.63) is 74.4 Å². The highest BCUT2D eigenvalue weighted by Gasteiger charge is 2.32. The van der Waals surface area contributed by atoms with Crippen LogP contribution in [-0.4, -0.2) is 16.0 Å². The van der Waals surface area contributed by atoms with Gasteiger partial charge in [-0.1, -0.05) is 46.9 Å². The third-order valence-corrected chi connectivity index (χ3v) is 4.41. The standard InChI is InChI=1S/C18H8Cl3F3N4/c19-12-3-1-10(2-4-12)9-26-16-7-13(8-25)27-28(16)17-14(20)5-11(6-15(17)21)18(22,23)24/h1-7,9H/b26-9+. The molecule has 0 spiro atoms. The molecule has 0 unspecified atom stereocenters. The van der Waals surface area contributed by atoms with Crippen LogP contribution in [0, 0.1) is 11.3 Å². The van der Waals surface area contributed by atoms with E-state index < -0.39 is 11.7 Å². The van der Waals surface area contributed by atoms with Crippen LogP contribution in [0.3, 0.4) is 0 Å². The summed E-state index contributed by atoms with van der Waals surface area (Å²) in [4.78, 5) is 4.25. The molecule has 1 aromatic heterocycles. The van der Waals surface area contributed by atoms with E-state index in [1.807, 2.05) is 6.07 Å². The summed E-state index contributed by atoms with van der Waals surface area (Å²) in [6, 6.07) is 11.5. The fourth-order valence-electron chi connectivity index (χ4n) is 2.30. The van der Waals surface area contributed by atoms with Crippen LogP contribution in [0.4, 0.5) is 19.0 Å². The highest BCUT2D eigenvalue weighted by Crippen LogP contribution is 2.38. The van der Waals surface area contributed by atoms with Gasteiger partial charge in [0.2, 0.25) is 0 Å². The Bertz CT molecular complexity index is 1070. The van der Waals surface area contributed by atoms with Crippen LogP contribution in [-0.2, 0) is 6.18 Å². The number of aliphatic imine (C=N–C) groups is 1. The van der Waals surface area contributed by atoms with Gasteiger partial charge in [0.25, 0.3) is 0 Å². The summed E-state index contributed by atoms with van der Waals surface area (Å²) in [5.74, 6) is 0.162. The second-order valence-corrected chi connectivity index (χ2v) is 6.76. The van der Waals surface area contributed by atoms with Crippen LogP contribution in [0.2, 0.25) is 15.1 Å². The maximum atomic E-state index is 12.9. The third kappa shape index (κ3) is 4.30. The zero-order valence-corrected chi connectivity index (χ0v) is 15.9. The van der Waals surface area contributed by atoms with Crippen LogP contribution in [0.25, 0.3) is 5.69 Å². The lowest BCUT2D eigenvalue weighted by Gasteiger charge is -2.13. The Labute approximate surface area is 172 Å². The molecule has 142 valence electrons. The fraction of sp³-hybridized carbons (Fsp3) is 0.0556. The monoisotopic (exact) mass is 442 g/mol. The van der Waals surface area contributed by atoms with Gasteiger partial charge in [-0.05, 0) is 29.8 Å². The Morgan fingerprint density at radius 3 is 2.18 bits per heavy atom. The van der Waals surface area contributed by atoms with Crippen LogP contribution < -0.4 is 0 Å². The molecule has 0 atom stereocenters. The number of hydrogen-bond acceptors (Lipinski definition) is 3. The molecule has 10 heteroatoms. The number of benzene rings is 2. The average molecular weight is 444 g/mol. The Kier molecular flexibility index (Phi) is 5.66. The maximum Gasteiger partial charge on any atom is 0.416 e. The summed E-state index contributed by atoms with van der Waals surface area (Å²) in [5, 5.41) is 13.1. The Balaban J connectivity index is 2.09. The number of rotatable bonds is 3. The van der Waals surface area contributed by atoms with Gasteiger partial charge >= 0.3 is 6.18 Å². The van der Waals surface area contributed by atoms with Crippen molar-refractivity contribution in [1.82, 2.24) is 9.78 Å². The van der Waals surface area contributed by atoms with E-state index in [1.54, 1.807) is 24.3 Å². The van der Waals surface area contributed by atoms with Crippen LogP contribution in [0.1, 0.15) is 16.8 Å². The van der Waals surface area contributed by atoms with Crippen LogP contribution in [0.5, 0.6) is 0 Å². The Hall–Kier alpha value is -2.53. The van der Waals surface area contributed by atoms with Gasteiger partial charge < -0.3 is 0 Å². The lowest BCUT2D eigenvalue weighted by atomic mass is 10.2. The first-order valence-corrected chi connectivity index (χ1v) is 8.69. The molecule has 0 fully saturated rings. The summed E-state index contributed by atoms with van der Waals surface area (Å²) in [6.07, 6.45) is -3.12.